The van der Waals surface area contributed by atoms with Gasteiger partial charge in [0.15, 0.2) is 23.1 Å². The molecule has 292 valence electrons. The van der Waals surface area contributed by atoms with Crippen LogP contribution < -0.4 is 0 Å². The van der Waals surface area contributed by atoms with Gasteiger partial charge in [0, 0.05) is 54.4 Å². The smallest absolute Gasteiger partial charge is 0.164 e. The van der Waals surface area contributed by atoms with Crippen molar-refractivity contribution in [3.8, 4) is 39.9 Å². The van der Waals surface area contributed by atoms with Crippen LogP contribution >= 0.6 is 0 Å². The second-order valence-corrected chi connectivity index (χ2v) is 16.3. The van der Waals surface area contributed by atoms with Crippen molar-refractivity contribution >= 4 is 98.0 Å². The first kappa shape index (κ1) is 34.1. The molecule has 0 aliphatic rings. The Morgan fingerprint density at radius 1 is 0.333 bits per heavy atom. The molecule has 0 aliphatic heterocycles. The molecule has 6 heteroatoms. The second kappa shape index (κ2) is 12.9. The summed E-state index contributed by atoms with van der Waals surface area (Å²) in [5.74, 6) is 1.75. The Kier molecular flexibility index (Phi) is 7.02. The van der Waals surface area contributed by atoms with Gasteiger partial charge in [-0.2, -0.15) is 0 Å². The molecule has 0 amide bonds. The van der Waals surface area contributed by atoms with Crippen LogP contribution in [0.5, 0.6) is 0 Å². The Balaban J connectivity index is 1.05. The van der Waals surface area contributed by atoms with Gasteiger partial charge in [0.25, 0.3) is 0 Å². The van der Waals surface area contributed by atoms with Gasteiger partial charge in [0.05, 0.1) is 16.7 Å². The maximum Gasteiger partial charge on any atom is 0.164 e. The Morgan fingerprint density at radius 3 is 1.60 bits per heavy atom. The van der Waals surface area contributed by atoms with Gasteiger partial charge >= 0.3 is 0 Å². The molecule has 0 aliphatic carbocycles. The van der Waals surface area contributed by atoms with Crippen LogP contribution in [0.1, 0.15) is 0 Å². The van der Waals surface area contributed by atoms with E-state index in [-0.39, 0.29) is 0 Å². The molecule has 63 heavy (non-hydrogen) atoms. The number of fused-ring (bicyclic) bond motifs is 13. The van der Waals surface area contributed by atoms with Crippen molar-refractivity contribution in [2.45, 2.75) is 0 Å². The van der Waals surface area contributed by atoms with Crippen molar-refractivity contribution in [3.05, 3.63) is 194 Å². The monoisotopic (exact) mass is 804 g/mol. The van der Waals surface area contributed by atoms with Crippen LogP contribution in [0, 0.1) is 0 Å². The summed E-state index contributed by atoms with van der Waals surface area (Å²) in [6, 6.07) is 68.0. The molecule has 0 saturated carbocycles. The van der Waals surface area contributed by atoms with Gasteiger partial charge in [-0.25, -0.2) is 15.0 Å². The number of benzene rings is 10. The highest BCUT2D eigenvalue weighted by Gasteiger charge is 2.23. The van der Waals surface area contributed by atoms with Gasteiger partial charge in [-0.1, -0.05) is 146 Å². The van der Waals surface area contributed by atoms with E-state index in [1.165, 1.54) is 32.3 Å². The lowest BCUT2D eigenvalue weighted by Gasteiger charge is -2.11. The van der Waals surface area contributed by atoms with E-state index in [0.29, 0.717) is 17.5 Å². The number of hydrogen-bond acceptors (Lipinski definition) is 5. The number of hydrogen-bond donors (Lipinski definition) is 0. The van der Waals surface area contributed by atoms with E-state index >= 15 is 0 Å². The summed E-state index contributed by atoms with van der Waals surface area (Å²) in [4.78, 5) is 15.7. The van der Waals surface area contributed by atoms with Crippen LogP contribution in [0.2, 0.25) is 0 Å². The van der Waals surface area contributed by atoms with E-state index < -0.39 is 0 Å². The number of rotatable bonds is 4. The molecular formula is C57H32N4O2. The molecule has 0 radical (unpaired) electrons. The number of nitrogens with zero attached hydrogens (tertiary/aromatic N) is 4. The molecule has 10 aromatic carbocycles. The lowest BCUT2D eigenvalue weighted by Crippen LogP contribution is -2.01. The van der Waals surface area contributed by atoms with E-state index in [1.807, 2.05) is 60.7 Å². The third-order valence-electron chi connectivity index (χ3n) is 12.8. The number of para-hydroxylation sites is 2. The Morgan fingerprint density at radius 2 is 0.873 bits per heavy atom. The van der Waals surface area contributed by atoms with Crippen LogP contribution in [0.25, 0.3) is 138 Å². The van der Waals surface area contributed by atoms with Gasteiger partial charge in [-0.05, 0) is 75.5 Å². The van der Waals surface area contributed by atoms with Crippen molar-refractivity contribution in [2.24, 2.45) is 0 Å². The minimum atomic E-state index is 0.575. The van der Waals surface area contributed by atoms with Crippen molar-refractivity contribution in [1.82, 2.24) is 19.5 Å². The Labute approximate surface area is 358 Å². The normalized spacial score (nSPS) is 12.1. The zero-order chi connectivity index (χ0) is 41.2. The average Bonchev–Trinajstić information content (AvgIpc) is 4.02. The topological polar surface area (TPSA) is 69.9 Å². The standard InChI is InChI=1S/C57H32N4O2/c1-2-14-33(15-3-1)55-58-56(42-24-13-27-51-52(42)41-22-10-11-26-50(41)62-51)60-57(59-55)46-32-45-40-23-12-25-47(54(40)63-53(45)39-21-9-8-20-38(39)46)61-48-30-36-18-6-4-16-34(36)28-43(48)44-29-35-17-5-7-19-37(35)31-49(44)61/h1-32H. The summed E-state index contributed by atoms with van der Waals surface area (Å²) in [6.45, 7) is 0. The van der Waals surface area contributed by atoms with Gasteiger partial charge < -0.3 is 13.4 Å². The molecule has 0 fully saturated rings. The first-order chi connectivity index (χ1) is 31.2. The summed E-state index contributed by atoms with van der Waals surface area (Å²) < 4.78 is 15.9. The maximum atomic E-state index is 7.17. The van der Waals surface area contributed by atoms with E-state index in [9.17, 15) is 0 Å². The quantitative estimate of drug-likeness (QED) is 0.177. The molecule has 14 rings (SSSR count). The largest absolute Gasteiger partial charge is 0.456 e. The summed E-state index contributed by atoms with van der Waals surface area (Å²) in [5, 5.41) is 13.2. The molecule has 0 N–H and O–H groups in total. The van der Waals surface area contributed by atoms with Gasteiger partial charge in [-0.3, -0.25) is 0 Å². The fourth-order valence-corrected chi connectivity index (χ4v) is 9.91. The van der Waals surface area contributed by atoms with Gasteiger partial charge in [0.1, 0.15) is 16.7 Å². The van der Waals surface area contributed by atoms with E-state index in [1.54, 1.807) is 0 Å². The third kappa shape index (κ3) is 5.03. The predicted molar refractivity (Wildman–Crippen MR) is 258 cm³/mol. The summed E-state index contributed by atoms with van der Waals surface area (Å²) in [7, 11) is 0. The average molecular weight is 805 g/mol. The minimum absolute atomic E-state index is 0.575. The molecule has 14 aromatic rings. The van der Waals surface area contributed by atoms with Crippen molar-refractivity contribution in [2.75, 3.05) is 0 Å². The van der Waals surface area contributed by atoms with E-state index in [2.05, 4.69) is 138 Å². The van der Waals surface area contributed by atoms with Crippen molar-refractivity contribution in [3.63, 3.8) is 0 Å². The van der Waals surface area contributed by atoms with Crippen LogP contribution in [0.15, 0.2) is 203 Å². The highest BCUT2D eigenvalue weighted by atomic mass is 16.3. The number of aromatic nitrogens is 4. The van der Waals surface area contributed by atoms with Gasteiger partial charge in [-0.15, -0.1) is 0 Å². The predicted octanol–water partition coefficient (Wildman–Crippen LogP) is 15.2. The lowest BCUT2D eigenvalue weighted by molar-refractivity contribution is 0.669. The highest BCUT2D eigenvalue weighted by Crippen LogP contribution is 2.44. The molecule has 6 nitrogen and oxygen atoms in total. The van der Waals surface area contributed by atoms with Crippen LogP contribution in [0.3, 0.4) is 0 Å². The van der Waals surface area contributed by atoms with Crippen LogP contribution in [0.4, 0.5) is 0 Å². The zero-order valence-corrected chi connectivity index (χ0v) is 33.6. The fraction of sp³-hybridized carbons (Fsp3) is 0. The maximum absolute atomic E-state index is 7.17. The van der Waals surface area contributed by atoms with Crippen LogP contribution in [-0.2, 0) is 0 Å². The first-order valence-corrected chi connectivity index (χ1v) is 21.2. The van der Waals surface area contributed by atoms with Crippen molar-refractivity contribution < 1.29 is 8.83 Å². The molecule has 4 heterocycles. The summed E-state index contributed by atoms with van der Waals surface area (Å²) >= 11 is 0. The van der Waals surface area contributed by atoms with E-state index in [0.717, 1.165) is 88.1 Å². The molecule has 0 bridgehead atoms. The van der Waals surface area contributed by atoms with Gasteiger partial charge in [0.2, 0.25) is 0 Å². The minimum Gasteiger partial charge on any atom is -0.456 e. The van der Waals surface area contributed by atoms with Crippen molar-refractivity contribution in [1.29, 1.82) is 0 Å². The highest BCUT2D eigenvalue weighted by molar-refractivity contribution is 6.22. The van der Waals surface area contributed by atoms with Crippen LogP contribution in [-0.4, -0.2) is 19.5 Å². The van der Waals surface area contributed by atoms with E-state index in [4.69, 9.17) is 23.8 Å². The molecule has 4 aromatic heterocycles. The fourth-order valence-electron chi connectivity index (χ4n) is 9.91. The molecular weight excluding hydrogens is 773 g/mol. The summed E-state index contributed by atoms with van der Waals surface area (Å²) in [5.41, 5.74) is 9.16. The zero-order valence-electron chi connectivity index (χ0n) is 33.6. The molecule has 0 spiro atoms. The first-order valence-electron chi connectivity index (χ1n) is 21.2. The summed E-state index contributed by atoms with van der Waals surface area (Å²) in [6.07, 6.45) is 0. The SMILES string of the molecule is c1ccc(-c2nc(-c3cc4c5cccc(-n6c7cc8ccccc8cc7c7cc8ccccc8cc76)c5oc4c4ccccc34)nc(-c3cccc4oc5ccccc5c34)n2)cc1. The third-order valence-corrected chi connectivity index (χ3v) is 12.8. The Hall–Kier alpha value is -8.61. The number of furan rings is 2. The molecule has 0 atom stereocenters. The molecule has 0 unspecified atom stereocenters. The lowest BCUT2D eigenvalue weighted by atomic mass is 9.99. The Bertz CT molecular complexity index is 4120. The second-order valence-electron chi connectivity index (χ2n) is 16.3. The molecule has 0 saturated heterocycles.